The van der Waals surface area contributed by atoms with Crippen molar-refractivity contribution in [1.82, 2.24) is 10.2 Å². The number of fused-ring (bicyclic) bond motifs is 1. The third-order valence-corrected chi connectivity index (χ3v) is 6.36. The Balaban J connectivity index is 1.72. The molecule has 2 aliphatic rings. The van der Waals surface area contributed by atoms with Crippen molar-refractivity contribution in [3.8, 4) is 17.2 Å². The molecule has 2 aromatic rings. The van der Waals surface area contributed by atoms with Gasteiger partial charge in [0.15, 0.2) is 11.5 Å². The summed E-state index contributed by atoms with van der Waals surface area (Å²) in [6.07, 6.45) is 0.860. The van der Waals surface area contributed by atoms with Crippen LogP contribution < -0.4 is 19.5 Å². The lowest BCUT2D eigenvalue weighted by molar-refractivity contribution is -0.149. The summed E-state index contributed by atoms with van der Waals surface area (Å²) in [5, 5.41) is 2.95. The van der Waals surface area contributed by atoms with Gasteiger partial charge in [0.2, 0.25) is 12.7 Å². The molecule has 1 N–H and O–H groups in total. The number of carbonyl (C=O) groups excluding carboxylic acids is 2. The van der Waals surface area contributed by atoms with Crippen LogP contribution in [0.2, 0.25) is 0 Å². The highest BCUT2D eigenvalue weighted by molar-refractivity contribution is 5.79. The monoisotopic (exact) mass is 468 g/mol. The van der Waals surface area contributed by atoms with E-state index < -0.39 is 5.92 Å². The van der Waals surface area contributed by atoms with Crippen molar-refractivity contribution in [3.63, 3.8) is 0 Å². The van der Waals surface area contributed by atoms with E-state index in [9.17, 15) is 9.59 Å². The average molecular weight is 469 g/mol. The first-order valence-corrected chi connectivity index (χ1v) is 11.8. The quantitative estimate of drug-likeness (QED) is 0.565. The first kappa shape index (κ1) is 23.9. The lowest BCUT2D eigenvalue weighted by Crippen LogP contribution is -2.38. The van der Waals surface area contributed by atoms with Crippen LogP contribution in [0, 0.1) is 5.92 Å². The Labute approximate surface area is 200 Å². The van der Waals surface area contributed by atoms with E-state index in [0.29, 0.717) is 24.6 Å². The largest absolute Gasteiger partial charge is 0.497 e. The molecule has 2 heterocycles. The van der Waals surface area contributed by atoms with Gasteiger partial charge in [-0.3, -0.25) is 14.5 Å². The molecule has 4 rings (SSSR count). The Hall–Kier alpha value is -3.26. The molecule has 0 aromatic heterocycles. The topological polar surface area (TPSA) is 86.3 Å². The van der Waals surface area contributed by atoms with Crippen LogP contribution in [-0.4, -0.2) is 56.9 Å². The van der Waals surface area contributed by atoms with Crippen LogP contribution in [0.5, 0.6) is 17.2 Å². The van der Waals surface area contributed by atoms with Gasteiger partial charge in [-0.25, -0.2) is 0 Å². The fraction of sp³-hybridized carbons (Fsp3) is 0.462. The lowest BCUT2D eigenvalue weighted by Gasteiger charge is -2.28. The highest BCUT2D eigenvalue weighted by Crippen LogP contribution is 2.48. The maximum absolute atomic E-state index is 13.3. The number of nitrogens with zero attached hydrogens (tertiary/aromatic N) is 1. The maximum Gasteiger partial charge on any atom is 0.311 e. The Bertz CT molecular complexity index is 1010. The van der Waals surface area contributed by atoms with Gasteiger partial charge in [0.05, 0.1) is 26.2 Å². The van der Waals surface area contributed by atoms with Crippen molar-refractivity contribution in [2.45, 2.75) is 32.2 Å². The van der Waals surface area contributed by atoms with E-state index in [2.05, 4.69) is 10.2 Å². The number of likely N-dealkylation sites (tertiary alicyclic amines) is 1. The van der Waals surface area contributed by atoms with Crippen molar-refractivity contribution >= 4 is 11.9 Å². The van der Waals surface area contributed by atoms with Gasteiger partial charge in [-0.15, -0.1) is 0 Å². The van der Waals surface area contributed by atoms with Crippen LogP contribution in [0.3, 0.4) is 0 Å². The average Bonchev–Trinajstić information content (AvgIpc) is 3.47. The summed E-state index contributed by atoms with van der Waals surface area (Å²) in [7, 11) is 1.62. The number of ether oxygens (including phenoxy) is 4. The molecule has 1 amide bonds. The second-order valence-electron chi connectivity index (χ2n) is 8.49. The summed E-state index contributed by atoms with van der Waals surface area (Å²) >= 11 is 0. The summed E-state index contributed by atoms with van der Waals surface area (Å²) in [5.74, 6) is 1.08. The third-order valence-electron chi connectivity index (χ3n) is 6.36. The van der Waals surface area contributed by atoms with Gasteiger partial charge >= 0.3 is 5.97 Å². The van der Waals surface area contributed by atoms with Crippen molar-refractivity contribution < 1.29 is 28.5 Å². The van der Waals surface area contributed by atoms with Gasteiger partial charge < -0.3 is 24.3 Å². The molecule has 182 valence electrons. The SMILES string of the molecule is CCCNC(=O)CN1C[C@@H](c2ccc3c(c2)OCO3)[C@H](C(=O)OCC)[C@@H]1c1ccc(OC)cc1. The molecule has 2 aromatic carbocycles. The number of hydrogen-bond acceptors (Lipinski definition) is 7. The van der Waals surface area contributed by atoms with Crippen LogP contribution in [0.15, 0.2) is 42.5 Å². The van der Waals surface area contributed by atoms with Crippen molar-refractivity contribution in [2.75, 3.05) is 40.1 Å². The first-order chi connectivity index (χ1) is 16.5. The fourth-order valence-corrected chi connectivity index (χ4v) is 4.80. The summed E-state index contributed by atoms with van der Waals surface area (Å²) in [4.78, 5) is 28.1. The summed E-state index contributed by atoms with van der Waals surface area (Å²) in [5.41, 5.74) is 1.89. The van der Waals surface area contributed by atoms with Crippen LogP contribution in [0.25, 0.3) is 0 Å². The van der Waals surface area contributed by atoms with Crippen LogP contribution in [0.1, 0.15) is 43.4 Å². The van der Waals surface area contributed by atoms with Gasteiger partial charge in [-0.1, -0.05) is 25.1 Å². The Kier molecular flexibility index (Phi) is 7.57. The summed E-state index contributed by atoms with van der Waals surface area (Å²) in [6, 6.07) is 13.1. The van der Waals surface area contributed by atoms with Crippen molar-refractivity contribution in [3.05, 3.63) is 53.6 Å². The molecule has 0 bridgehead atoms. The minimum absolute atomic E-state index is 0.0608. The zero-order valence-electron chi connectivity index (χ0n) is 19.9. The molecule has 34 heavy (non-hydrogen) atoms. The third kappa shape index (κ3) is 4.97. The van der Waals surface area contributed by atoms with E-state index in [4.69, 9.17) is 18.9 Å². The predicted octanol–water partition coefficient (Wildman–Crippen LogP) is 3.27. The van der Waals surface area contributed by atoms with E-state index in [1.807, 2.05) is 49.4 Å². The van der Waals surface area contributed by atoms with E-state index in [1.54, 1.807) is 14.0 Å². The molecule has 8 heteroatoms. The molecular weight excluding hydrogens is 436 g/mol. The first-order valence-electron chi connectivity index (χ1n) is 11.8. The number of rotatable bonds is 9. The molecule has 3 atom stereocenters. The molecule has 0 spiro atoms. The molecular formula is C26H32N2O6. The van der Waals surface area contributed by atoms with Crippen LogP contribution in [-0.2, 0) is 14.3 Å². The zero-order chi connectivity index (χ0) is 24.1. The van der Waals surface area contributed by atoms with Crippen LogP contribution in [0.4, 0.5) is 0 Å². The van der Waals surface area contributed by atoms with Gasteiger partial charge in [0, 0.05) is 25.0 Å². The number of methoxy groups -OCH3 is 1. The molecule has 0 radical (unpaired) electrons. The summed E-state index contributed by atoms with van der Waals surface area (Å²) in [6.45, 7) is 5.63. The second-order valence-corrected chi connectivity index (χ2v) is 8.49. The zero-order valence-corrected chi connectivity index (χ0v) is 19.9. The molecule has 2 aliphatic heterocycles. The molecule has 0 aliphatic carbocycles. The molecule has 0 unspecified atom stereocenters. The van der Waals surface area contributed by atoms with E-state index in [1.165, 1.54) is 0 Å². The highest BCUT2D eigenvalue weighted by Gasteiger charge is 2.48. The Morgan fingerprint density at radius 2 is 1.79 bits per heavy atom. The van der Waals surface area contributed by atoms with Crippen LogP contribution >= 0.6 is 0 Å². The van der Waals surface area contributed by atoms with E-state index >= 15 is 0 Å². The lowest BCUT2D eigenvalue weighted by atomic mass is 9.82. The normalized spacial score (nSPS) is 21.3. The molecule has 8 nitrogen and oxygen atoms in total. The van der Waals surface area contributed by atoms with Crippen molar-refractivity contribution in [2.24, 2.45) is 5.92 Å². The van der Waals surface area contributed by atoms with Gasteiger partial charge in [-0.05, 0) is 48.7 Å². The Morgan fingerprint density at radius 1 is 1.06 bits per heavy atom. The maximum atomic E-state index is 13.3. The summed E-state index contributed by atoms with van der Waals surface area (Å²) < 4.78 is 21.9. The molecule has 0 saturated carbocycles. The minimum atomic E-state index is -0.493. The number of amides is 1. The van der Waals surface area contributed by atoms with Gasteiger partial charge in [0.1, 0.15) is 5.75 Å². The van der Waals surface area contributed by atoms with E-state index in [0.717, 1.165) is 23.3 Å². The molecule has 1 fully saturated rings. The Morgan fingerprint density at radius 3 is 2.50 bits per heavy atom. The second kappa shape index (κ2) is 10.8. The number of carbonyl (C=O) groups is 2. The predicted molar refractivity (Wildman–Crippen MR) is 126 cm³/mol. The fourth-order valence-electron chi connectivity index (χ4n) is 4.80. The number of nitrogens with one attached hydrogen (secondary N) is 1. The smallest absolute Gasteiger partial charge is 0.311 e. The van der Waals surface area contributed by atoms with E-state index in [-0.39, 0.29) is 43.8 Å². The number of esters is 1. The number of hydrogen-bond donors (Lipinski definition) is 1. The number of benzene rings is 2. The van der Waals surface area contributed by atoms with Gasteiger partial charge in [0.25, 0.3) is 0 Å². The van der Waals surface area contributed by atoms with Crippen molar-refractivity contribution in [1.29, 1.82) is 0 Å². The highest BCUT2D eigenvalue weighted by atomic mass is 16.7. The standard InChI is InChI=1S/C26H32N2O6/c1-4-12-27-23(29)15-28-14-20(18-8-11-21-22(13-18)34-16-33-21)24(26(30)32-5-2)25(28)17-6-9-19(31-3)10-7-17/h6-11,13,20,24-25H,4-5,12,14-16H2,1-3H3,(H,27,29)/t20-,24-,25-/m0/s1. The minimum Gasteiger partial charge on any atom is -0.497 e. The van der Waals surface area contributed by atoms with Gasteiger partial charge in [-0.2, -0.15) is 0 Å². The molecule has 1 saturated heterocycles.